The Morgan fingerprint density at radius 3 is 1.63 bits per heavy atom. The molecular weight excluding hydrogens is 610 g/mol. The van der Waals surface area contributed by atoms with Crippen LogP contribution in [0.1, 0.15) is 53.4 Å². The van der Waals surface area contributed by atoms with Crippen LogP contribution in [0.25, 0.3) is 0 Å². The fourth-order valence-electron chi connectivity index (χ4n) is 4.75. The lowest BCUT2D eigenvalue weighted by molar-refractivity contribution is -0.143. The molecule has 6 atom stereocenters. The zero-order valence-corrected chi connectivity index (χ0v) is 26.7. The van der Waals surface area contributed by atoms with E-state index in [9.17, 15) is 43.8 Å². The van der Waals surface area contributed by atoms with Gasteiger partial charge in [-0.15, -0.1) is 0 Å². The number of likely N-dealkylation sites (tertiary alicyclic amines) is 1. The molecule has 0 bridgehead atoms. The summed E-state index contributed by atoms with van der Waals surface area (Å²) in [5.41, 5.74) is 5.52. The van der Waals surface area contributed by atoms with Crippen molar-refractivity contribution in [1.82, 2.24) is 31.5 Å². The highest BCUT2D eigenvalue weighted by molar-refractivity contribution is 5.97. The zero-order valence-electron chi connectivity index (χ0n) is 26.7. The minimum atomic E-state index is -1.54. The average Bonchev–Trinajstić information content (AvgIpc) is 3.49. The number of carboxylic acid groups (broad SMARTS) is 1. The molecule has 1 fully saturated rings. The second-order valence-electron chi connectivity index (χ2n) is 12.0. The van der Waals surface area contributed by atoms with Gasteiger partial charge >= 0.3 is 5.97 Å². The third kappa shape index (κ3) is 12.9. The Labute approximate surface area is 267 Å². The van der Waals surface area contributed by atoms with Gasteiger partial charge in [0.2, 0.25) is 35.4 Å². The summed E-state index contributed by atoms with van der Waals surface area (Å²) in [6.07, 6.45) is 0.882. The molecule has 0 aromatic carbocycles. The van der Waals surface area contributed by atoms with Crippen molar-refractivity contribution in [1.29, 1.82) is 0 Å². The predicted molar refractivity (Wildman–Crippen MR) is 161 cm³/mol. The summed E-state index contributed by atoms with van der Waals surface area (Å²) < 4.78 is 0. The van der Waals surface area contributed by atoms with Gasteiger partial charge in [-0.3, -0.25) is 33.6 Å². The van der Waals surface area contributed by atoms with E-state index >= 15 is 0 Å². The van der Waals surface area contributed by atoms with Crippen LogP contribution in [0.15, 0.2) is 0 Å². The van der Waals surface area contributed by atoms with Gasteiger partial charge < -0.3 is 57.6 Å². The Bertz CT molecular complexity index is 1090. The lowest BCUT2D eigenvalue weighted by Crippen LogP contribution is -2.61. The predicted octanol–water partition coefficient (Wildman–Crippen LogP) is -4.49. The van der Waals surface area contributed by atoms with Crippen molar-refractivity contribution in [3.8, 4) is 0 Å². The van der Waals surface area contributed by atoms with Crippen molar-refractivity contribution in [2.24, 2.45) is 17.6 Å². The normalized spacial score (nSPS) is 17.8. The molecular formula is C28H49N7O11. The fourth-order valence-corrected chi connectivity index (χ4v) is 4.75. The van der Waals surface area contributed by atoms with Crippen LogP contribution in [0.2, 0.25) is 0 Å². The molecule has 0 spiro atoms. The molecule has 1 heterocycles. The number of carboxylic acids is 1. The highest BCUT2D eigenvalue weighted by atomic mass is 16.4. The zero-order chi connectivity index (χ0) is 35.1. The van der Waals surface area contributed by atoms with Crippen molar-refractivity contribution in [3.05, 3.63) is 0 Å². The number of aliphatic hydroxyl groups is 3. The first-order valence-corrected chi connectivity index (χ1v) is 15.2. The number of aliphatic hydroxyl groups excluding tert-OH is 3. The molecule has 46 heavy (non-hydrogen) atoms. The van der Waals surface area contributed by atoms with Crippen LogP contribution >= 0.6 is 0 Å². The number of carbonyl (C=O) groups is 7. The highest BCUT2D eigenvalue weighted by Crippen LogP contribution is 2.19. The summed E-state index contributed by atoms with van der Waals surface area (Å²) in [7, 11) is 0. The van der Waals surface area contributed by atoms with E-state index in [-0.39, 0.29) is 37.6 Å². The first kappa shape index (κ1) is 40.2. The molecule has 0 aliphatic carbocycles. The number of nitrogens with two attached hydrogens (primary N) is 1. The Morgan fingerprint density at radius 1 is 0.717 bits per heavy atom. The van der Waals surface area contributed by atoms with E-state index in [1.54, 1.807) is 27.7 Å². The largest absolute Gasteiger partial charge is 0.480 e. The van der Waals surface area contributed by atoms with E-state index in [1.165, 1.54) is 0 Å². The molecule has 18 nitrogen and oxygen atoms in total. The van der Waals surface area contributed by atoms with Gasteiger partial charge in [0, 0.05) is 6.54 Å². The van der Waals surface area contributed by atoms with Gasteiger partial charge in [0.1, 0.15) is 42.8 Å². The second-order valence-corrected chi connectivity index (χ2v) is 12.0. The summed E-state index contributed by atoms with van der Waals surface area (Å²) in [6.45, 7) is 4.19. The van der Waals surface area contributed by atoms with Crippen LogP contribution in [0.5, 0.6) is 0 Å². The van der Waals surface area contributed by atoms with Crippen LogP contribution in [0, 0.1) is 11.8 Å². The first-order chi connectivity index (χ1) is 21.6. The molecule has 6 amide bonds. The molecule has 0 radical (unpaired) electrons. The number of nitrogens with zero attached hydrogens (tertiary/aromatic N) is 1. The number of carbonyl (C=O) groups excluding carboxylic acids is 6. The smallest absolute Gasteiger partial charge is 0.322 e. The van der Waals surface area contributed by atoms with E-state index in [0.29, 0.717) is 6.42 Å². The van der Waals surface area contributed by atoms with E-state index < -0.39 is 104 Å². The van der Waals surface area contributed by atoms with Crippen molar-refractivity contribution in [2.75, 3.05) is 32.9 Å². The minimum absolute atomic E-state index is 0.0605. The van der Waals surface area contributed by atoms with E-state index in [2.05, 4.69) is 26.6 Å². The molecule has 1 aliphatic heterocycles. The number of hydrogen-bond acceptors (Lipinski definition) is 11. The molecule has 1 aliphatic rings. The summed E-state index contributed by atoms with van der Waals surface area (Å²) in [6, 6.07) is -7.75. The lowest BCUT2D eigenvalue weighted by Gasteiger charge is -2.29. The van der Waals surface area contributed by atoms with Gasteiger partial charge in [0.05, 0.1) is 19.8 Å². The van der Waals surface area contributed by atoms with Crippen molar-refractivity contribution < 1.29 is 54.0 Å². The standard InChI is InChI=1S/C28H49N7O11/c1-14(2)8-17(31-23(41)16(29)11-36)24(42)33-19(12-37)26(44)32-18(9-15(3)4)25(43)34-20(13-38)28(46)35-7-5-6-21(35)27(45)30-10-22(39)40/h14-21,36-38H,5-13,29H2,1-4H3,(H,30,45)(H,31,41)(H,32,44)(H,33,42)(H,34,43)(H,39,40)/t16-,17-,18-,19-,20-,21-/m0/s1. The van der Waals surface area contributed by atoms with Crippen LogP contribution in [-0.4, -0.2) is 136 Å². The molecule has 262 valence electrons. The summed E-state index contributed by atoms with van der Waals surface area (Å²) in [5.74, 6) is -6.39. The maximum atomic E-state index is 13.3. The van der Waals surface area contributed by atoms with E-state index in [0.717, 1.165) is 4.90 Å². The topological polar surface area (TPSA) is 290 Å². The van der Waals surface area contributed by atoms with Crippen molar-refractivity contribution in [2.45, 2.75) is 89.6 Å². The lowest BCUT2D eigenvalue weighted by atomic mass is 10.0. The molecule has 0 aromatic heterocycles. The van der Waals surface area contributed by atoms with E-state index in [4.69, 9.17) is 15.9 Å². The molecule has 1 saturated heterocycles. The van der Waals surface area contributed by atoms with Gasteiger partial charge in [-0.2, -0.15) is 0 Å². The molecule has 0 saturated carbocycles. The van der Waals surface area contributed by atoms with Crippen LogP contribution < -0.4 is 32.3 Å². The molecule has 18 heteroatoms. The number of hydrogen-bond donors (Lipinski definition) is 10. The number of nitrogens with one attached hydrogen (secondary N) is 5. The summed E-state index contributed by atoms with van der Waals surface area (Å²) in [5, 5.41) is 49.6. The average molecular weight is 660 g/mol. The second kappa shape index (κ2) is 19.6. The minimum Gasteiger partial charge on any atom is -0.480 e. The van der Waals surface area contributed by atoms with Crippen molar-refractivity contribution >= 4 is 41.4 Å². The van der Waals surface area contributed by atoms with Crippen LogP contribution in [0.3, 0.4) is 0 Å². The van der Waals surface area contributed by atoms with Gasteiger partial charge in [-0.05, 0) is 37.5 Å². The molecule has 1 rings (SSSR count). The molecule has 11 N–H and O–H groups in total. The summed E-state index contributed by atoms with van der Waals surface area (Å²) in [4.78, 5) is 89.3. The third-order valence-corrected chi connectivity index (χ3v) is 7.08. The Morgan fingerprint density at radius 2 is 1.17 bits per heavy atom. The number of amides is 6. The van der Waals surface area contributed by atoms with Gasteiger partial charge in [0.25, 0.3) is 0 Å². The van der Waals surface area contributed by atoms with E-state index in [1.807, 2.05) is 0 Å². The number of aliphatic carboxylic acids is 1. The van der Waals surface area contributed by atoms with Gasteiger partial charge in [-0.25, -0.2) is 0 Å². The monoisotopic (exact) mass is 659 g/mol. The van der Waals surface area contributed by atoms with Crippen LogP contribution in [0.4, 0.5) is 0 Å². The first-order valence-electron chi connectivity index (χ1n) is 15.2. The molecule has 0 unspecified atom stereocenters. The highest BCUT2D eigenvalue weighted by Gasteiger charge is 2.39. The fraction of sp³-hybridized carbons (Fsp3) is 0.750. The number of rotatable bonds is 19. The Balaban J connectivity index is 3.03. The SMILES string of the molecule is CC(C)C[C@H](NC(=O)[C@H](CO)NC(=O)[C@H](CC(C)C)NC(=O)[C@@H](N)CO)C(=O)N[C@@H](CO)C(=O)N1CCC[C@H]1C(=O)NCC(=O)O. The Hall–Kier alpha value is -3.87. The summed E-state index contributed by atoms with van der Waals surface area (Å²) >= 11 is 0. The van der Waals surface area contributed by atoms with Crippen LogP contribution in [-0.2, 0) is 33.6 Å². The maximum Gasteiger partial charge on any atom is 0.322 e. The third-order valence-electron chi connectivity index (χ3n) is 7.08. The van der Waals surface area contributed by atoms with Gasteiger partial charge in [0.15, 0.2) is 0 Å². The van der Waals surface area contributed by atoms with Gasteiger partial charge in [-0.1, -0.05) is 27.7 Å². The Kier molecular flexibility index (Phi) is 17.1. The van der Waals surface area contributed by atoms with Crippen molar-refractivity contribution in [3.63, 3.8) is 0 Å². The quantitative estimate of drug-likeness (QED) is 0.0628. The molecule has 0 aromatic rings. The maximum absolute atomic E-state index is 13.3.